The van der Waals surface area contributed by atoms with Gasteiger partial charge < -0.3 is 5.11 Å². The molecule has 1 aromatic carbocycles. The molecule has 19 heavy (non-hydrogen) atoms. The van der Waals surface area contributed by atoms with Crippen molar-refractivity contribution in [3.63, 3.8) is 0 Å². The Morgan fingerprint density at radius 3 is 2.53 bits per heavy atom. The van der Waals surface area contributed by atoms with Gasteiger partial charge in [-0.3, -0.25) is 4.68 Å². The molecule has 0 spiro atoms. The van der Waals surface area contributed by atoms with Crippen molar-refractivity contribution < 1.29 is 5.11 Å². The third kappa shape index (κ3) is 3.39. The topological polar surface area (TPSA) is 38.0 Å². The van der Waals surface area contributed by atoms with E-state index in [4.69, 9.17) is 0 Å². The molecule has 0 saturated heterocycles. The minimum absolute atomic E-state index is 0.476. The summed E-state index contributed by atoms with van der Waals surface area (Å²) in [6, 6.07) is 10.1. The fraction of sp³-hybridized carbons (Fsp3) is 0.400. The molecular weight excluding hydrogens is 256 g/mol. The molecule has 4 heteroatoms. The lowest BCUT2D eigenvalue weighted by Gasteiger charge is -2.11. The summed E-state index contributed by atoms with van der Waals surface area (Å²) in [5.41, 5.74) is 3.10. The Balaban J connectivity index is 2.10. The summed E-state index contributed by atoms with van der Waals surface area (Å²) in [7, 11) is 1.93. The molecule has 0 bridgehead atoms. The molecule has 0 aliphatic rings. The van der Waals surface area contributed by atoms with Crippen molar-refractivity contribution in [3.05, 3.63) is 47.3 Å². The molecule has 2 aromatic rings. The van der Waals surface area contributed by atoms with Crippen LogP contribution in [0.2, 0.25) is 0 Å². The van der Waals surface area contributed by atoms with Crippen LogP contribution in [-0.4, -0.2) is 21.1 Å². The standard InChI is InChI=1S/C15H20N2OS/c1-4-12-9-13(17(2)16-12)10-15(18)11-5-7-14(19-3)8-6-11/h5-9,15,18H,4,10H2,1-3H3. The van der Waals surface area contributed by atoms with Crippen LogP contribution < -0.4 is 0 Å². The maximum Gasteiger partial charge on any atom is 0.0845 e. The van der Waals surface area contributed by atoms with Crippen molar-refractivity contribution in [2.45, 2.75) is 30.8 Å². The van der Waals surface area contributed by atoms with Crippen molar-refractivity contribution in [1.82, 2.24) is 9.78 Å². The molecule has 1 aromatic heterocycles. The van der Waals surface area contributed by atoms with Crippen LogP contribution in [0.5, 0.6) is 0 Å². The van der Waals surface area contributed by atoms with Crippen molar-refractivity contribution in [2.24, 2.45) is 7.05 Å². The fourth-order valence-electron chi connectivity index (χ4n) is 2.08. The second-order valence-corrected chi connectivity index (χ2v) is 5.48. The largest absolute Gasteiger partial charge is 0.388 e. The van der Waals surface area contributed by atoms with Crippen LogP contribution in [0.15, 0.2) is 35.2 Å². The number of benzene rings is 1. The zero-order valence-electron chi connectivity index (χ0n) is 11.6. The van der Waals surface area contributed by atoms with Gasteiger partial charge in [0.1, 0.15) is 0 Å². The Hall–Kier alpha value is -1.26. The molecule has 1 atom stereocenters. The summed E-state index contributed by atoms with van der Waals surface area (Å²) in [4.78, 5) is 1.21. The molecule has 0 saturated carbocycles. The van der Waals surface area contributed by atoms with E-state index in [1.807, 2.05) is 42.3 Å². The molecule has 102 valence electrons. The first kappa shape index (κ1) is 14.2. The zero-order chi connectivity index (χ0) is 13.8. The van der Waals surface area contributed by atoms with Gasteiger partial charge in [-0.15, -0.1) is 11.8 Å². The first-order chi connectivity index (χ1) is 9.13. The average molecular weight is 276 g/mol. The van der Waals surface area contributed by atoms with Gasteiger partial charge in [0.2, 0.25) is 0 Å². The van der Waals surface area contributed by atoms with Crippen LogP contribution in [0.1, 0.15) is 30.0 Å². The van der Waals surface area contributed by atoms with E-state index < -0.39 is 6.10 Å². The Morgan fingerprint density at radius 1 is 1.32 bits per heavy atom. The average Bonchev–Trinajstić information content (AvgIpc) is 2.79. The van der Waals surface area contributed by atoms with Gasteiger partial charge in [-0.25, -0.2) is 0 Å². The van der Waals surface area contributed by atoms with E-state index in [2.05, 4.69) is 18.1 Å². The van der Waals surface area contributed by atoms with Gasteiger partial charge >= 0.3 is 0 Å². The quantitative estimate of drug-likeness (QED) is 0.853. The van der Waals surface area contributed by atoms with Crippen molar-refractivity contribution in [2.75, 3.05) is 6.26 Å². The Bertz CT molecular complexity index is 534. The van der Waals surface area contributed by atoms with Crippen LogP contribution in [0.4, 0.5) is 0 Å². The van der Waals surface area contributed by atoms with Crippen LogP contribution in [0.3, 0.4) is 0 Å². The highest BCUT2D eigenvalue weighted by atomic mass is 32.2. The Morgan fingerprint density at radius 2 is 2.00 bits per heavy atom. The highest BCUT2D eigenvalue weighted by molar-refractivity contribution is 7.98. The molecular formula is C15H20N2OS. The molecule has 0 fully saturated rings. The first-order valence-corrected chi connectivity index (χ1v) is 7.70. The minimum Gasteiger partial charge on any atom is -0.388 e. The van der Waals surface area contributed by atoms with Crippen LogP contribution in [-0.2, 0) is 19.9 Å². The van der Waals surface area contributed by atoms with E-state index in [1.165, 1.54) is 4.90 Å². The Kier molecular flexibility index (Phi) is 4.66. The third-order valence-electron chi connectivity index (χ3n) is 3.29. The van der Waals surface area contributed by atoms with Crippen LogP contribution >= 0.6 is 11.8 Å². The SMILES string of the molecule is CCc1cc(CC(O)c2ccc(SC)cc2)n(C)n1. The van der Waals surface area contributed by atoms with Gasteiger partial charge in [0.05, 0.1) is 11.8 Å². The smallest absolute Gasteiger partial charge is 0.0845 e. The van der Waals surface area contributed by atoms with E-state index in [0.717, 1.165) is 23.4 Å². The number of aromatic nitrogens is 2. The summed E-state index contributed by atoms with van der Waals surface area (Å²) >= 11 is 1.71. The van der Waals surface area contributed by atoms with E-state index in [0.29, 0.717) is 6.42 Å². The van der Waals surface area contributed by atoms with Crippen molar-refractivity contribution in [1.29, 1.82) is 0 Å². The number of thioether (sulfide) groups is 1. The molecule has 1 N–H and O–H groups in total. The maximum atomic E-state index is 10.3. The van der Waals surface area contributed by atoms with Crippen molar-refractivity contribution in [3.8, 4) is 0 Å². The molecule has 0 aliphatic heterocycles. The number of aryl methyl sites for hydroxylation is 2. The van der Waals surface area contributed by atoms with Crippen LogP contribution in [0.25, 0.3) is 0 Å². The predicted octanol–water partition coefficient (Wildman–Crippen LogP) is 2.98. The van der Waals surface area contributed by atoms with Crippen LogP contribution in [0, 0.1) is 0 Å². The molecule has 0 radical (unpaired) electrons. The number of aliphatic hydroxyl groups is 1. The molecule has 2 rings (SSSR count). The molecule has 0 aliphatic carbocycles. The number of hydrogen-bond donors (Lipinski definition) is 1. The van der Waals surface area contributed by atoms with E-state index in [-0.39, 0.29) is 0 Å². The maximum absolute atomic E-state index is 10.3. The number of rotatable bonds is 5. The highest BCUT2D eigenvalue weighted by Crippen LogP contribution is 2.22. The summed E-state index contributed by atoms with van der Waals surface area (Å²) in [5.74, 6) is 0. The Labute approximate surface area is 118 Å². The predicted molar refractivity (Wildman–Crippen MR) is 79.5 cm³/mol. The summed E-state index contributed by atoms with van der Waals surface area (Å²) in [5, 5.41) is 14.7. The number of nitrogens with zero attached hydrogens (tertiary/aromatic N) is 2. The van der Waals surface area contributed by atoms with Gasteiger partial charge in [-0.05, 0) is 36.4 Å². The van der Waals surface area contributed by atoms with Crippen molar-refractivity contribution >= 4 is 11.8 Å². The summed E-state index contributed by atoms with van der Waals surface area (Å²) in [6.45, 7) is 2.09. The van der Waals surface area contributed by atoms with E-state index in [9.17, 15) is 5.11 Å². The lowest BCUT2D eigenvalue weighted by atomic mass is 10.0. The summed E-state index contributed by atoms with van der Waals surface area (Å²) < 4.78 is 1.86. The van der Waals surface area contributed by atoms with Gasteiger partial charge in [0.25, 0.3) is 0 Å². The van der Waals surface area contributed by atoms with E-state index >= 15 is 0 Å². The van der Waals surface area contributed by atoms with Gasteiger partial charge in [0.15, 0.2) is 0 Å². The molecule has 1 heterocycles. The first-order valence-electron chi connectivity index (χ1n) is 6.47. The lowest BCUT2D eigenvalue weighted by molar-refractivity contribution is 0.175. The lowest BCUT2D eigenvalue weighted by Crippen LogP contribution is -2.06. The monoisotopic (exact) mass is 276 g/mol. The molecule has 3 nitrogen and oxygen atoms in total. The molecule has 1 unspecified atom stereocenters. The summed E-state index contributed by atoms with van der Waals surface area (Å²) in [6.07, 6.45) is 3.10. The highest BCUT2D eigenvalue weighted by Gasteiger charge is 2.12. The fourth-order valence-corrected chi connectivity index (χ4v) is 2.49. The number of hydrogen-bond acceptors (Lipinski definition) is 3. The minimum atomic E-state index is -0.476. The van der Waals surface area contributed by atoms with Gasteiger partial charge in [-0.2, -0.15) is 5.10 Å². The van der Waals surface area contributed by atoms with E-state index in [1.54, 1.807) is 11.8 Å². The number of aliphatic hydroxyl groups excluding tert-OH is 1. The van der Waals surface area contributed by atoms with Gasteiger partial charge in [0, 0.05) is 24.1 Å². The zero-order valence-corrected chi connectivity index (χ0v) is 12.4. The normalized spacial score (nSPS) is 12.6. The molecule has 0 amide bonds. The van der Waals surface area contributed by atoms with Gasteiger partial charge in [-0.1, -0.05) is 19.1 Å². The second-order valence-electron chi connectivity index (χ2n) is 4.60. The second kappa shape index (κ2) is 6.26. The third-order valence-corrected chi connectivity index (χ3v) is 4.04.